The molecular weight excluding hydrogens is 394 g/mol. The highest BCUT2D eigenvalue weighted by Crippen LogP contribution is 2.22. The average Bonchev–Trinajstić information content (AvgIpc) is 3.22. The lowest BCUT2D eigenvalue weighted by molar-refractivity contribution is -0.124. The van der Waals surface area contributed by atoms with Crippen LogP contribution in [0, 0.1) is 17.8 Å². The van der Waals surface area contributed by atoms with Crippen molar-refractivity contribution in [3.8, 4) is 23.8 Å². The van der Waals surface area contributed by atoms with Gasteiger partial charge in [0, 0.05) is 24.7 Å². The average molecular weight is 417 g/mol. The van der Waals surface area contributed by atoms with Crippen LogP contribution in [0.3, 0.4) is 0 Å². The monoisotopic (exact) mass is 417 g/mol. The summed E-state index contributed by atoms with van der Waals surface area (Å²) in [4.78, 5) is 25.2. The van der Waals surface area contributed by atoms with E-state index in [0.29, 0.717) is 36.6 Å². The molecule has 1 atom stereocenters. The summed E-state index contributed by atoms with van der Waals surface area (Å²) in [6.07, 6.45) is 5.76. The molecule has 158 valence electrons. The number of nitrogens with zero attached hydrogens (tertiary/aromatic N) is 1. The summed E-state index contributed by atoms with van der Waals surface area (Å²) in [7, 11) is 0. The first kappa shape index (κ1) is 21.5. The molecule has 1 unspecified atom stereocenters. The Hall–Kier alpha value is -4.25. The van der Waals surface area contributed by atoms with E-state index in [4.69, 9.17) is 28.0 Å². The van der Waals surface area contributed by atoms with Gasteiger partial charge in [0.2, 0.25) is 0 Å². The lowest BCUT2D eigenvalue weighted by Gasteiger charge is -2.18. The van der Waals surface area contributed by atoms with Crippen molar-refractivity contribution < 1.29 is 14.3 Å². The van der Waals surface area contributed by atoms with Crippen molar-refractivity contribution in [2.45, 2.75) is 12.5 Å². The molecule has 0 bridgehead atoms. The zero-order valence-electron chi connectivity index (χ0n) is 16.8. The topological polar surface area (TPSA) is 135 Å². The van der Waals surface area contributed by atoms with Crippen LogP contribution in [0.15, 0.2) is 66.0 Å². The van der Waals surface area contributed by atoms with Crippen molar-refractivity contribution in [1.82, 2.24) is 10.2 Å². The van der Waals surface area contributed by atoms with Gasteiger partial charge in [0.15, 0.2) is 0 Å². The second-order valence-electron chi connectivity index (χ2n) is 6.99. The number of benzene rings is 2. The van der Waals surface area contributed by atoms with Crippen molar-refractivity contribution in [3.63, 3.8) is 0 Å². The fourth-order valence-electron chi connectivity index (χ4n) is 3.30. The standard InChI is InChI=1S/C23H23N5O3/c1-2-19(29)28-13-12-16(14-28)27-22(25)20(23(26)30)21(24)15-8-10-18(11-9-15)31-17-6-4-3-5-7-17/h1,3-11,16,24,27H,12-14,25H2,(H2,26,30)/b22-20+,24-21?. The maximum Gasteiger partial charge on any atom is 0.298 e. The largest absolute Gasteiger partial charge is 0.457 e. The summed E-state index contributed by atoms with van der Waals surface area (Å²) in [5.74, 6) is 2.12. The van der Waals surface area contributed by atoms with E-state index in [-0.39, 0.29) is 23.1 Å². The first-order valence-corrected chi connectivity index (χ1v) is 9.63. The van der Waals surface area contributed by atoms with Crippen LogP contribution in [0.4, 0.5) is 0 Å². The van der Waals surface area contributed by atoms with E-state index in [0.717, 1.165) is 0 Å². The first-order valence-electron chi connectivity index (χ1n) is 9.63. The number of terminal acetylenes is 1. The highest BCUT2D eigenvalue weighted by Gasteiger charge is 2.27. The number of ether oxygens (including phenoxy) is 1. The van der Waals surface area contributed by atoms with Crippen LogP contribution in [0.1, 0.15) is 12.0 Å². The number of nitrogens with two attached hydrogens (primary N) is 2. The number of rotatable bonds is 7. The highest BCUT2D eigenvalue weighted by atomic mass is 16.5. The van der Waals surface area contributed by atoms with Crippen LogP contribution in [-0.2, 0) is 9.59 Å². The summed E-state index contributed by atoms with van der Waals surface area (Å²) >= 11 is 0. The molecule has 2 aromatic carbocycles. The molecule has 8 nitrogen and oxygen atoms in total. The third-order valence-corrected chi connectivity index (χ3v) is 4.85. The van der Waals surface area contributed by atoms with E-state index < -0.39 is 11.8 Å². The van der Waals surface area contributed by atoms with Crippen LogP contribution in [0.5, 0.6) is 11.5 Å². The van der Waals surface area contributed by atoms with Crippen molar-refractivity contribution in [2.24, 2.45) is 11.5 Å². The molecule has 2 aromatic rings. The van der Waals surface area contributed by atoms with Crippen LogP contribution in [0.2, 0.25) is 0 Å². The molecule has 0 radical (unpaired) electrons. The van der Waals surface area contributed by atoms with Crippen molar-refractivity contribution in [2.75, 3.05) is 13.1 Å². The highest BCUT2D eigenvalue weighted by molar-refractivity contribution is 6.26. The van der Waals surface area contributed by atoms with Gasteiger partial charge in [-0.15, -0.1) is 6.42 Å². The second-order valence-corrected chi connectivity index (χ2v) is 6.99. The van der Waals surface area contributed by atoms with E-state index in [2.05, 4.69) is 11.2 Å². The summed E-state index contributed by atoms with van der Waals surface area (Å²) in [5, 5.41) is 11.4. The Labute approximate surface area is 180 Å². The molecule has 6 N–H and O–H groups in total. The number of primary amides is 1. The van der Waals surface area contributed by atoms with Crippen LogP contribution in [-0.4, -0.2) is 41.6 Å². The van der Waals surface area contributed by atoms with Gasteiger partial charge in [-0.1, -0.05) is 18.2 Å². The number of carbonyl (C=O) groups excluding carboxylic acids is 2. The van der Waals surface area contributed by atoms with Gasteiger partial charge in [-0.25, -0.2) is 0 Å². The number of hydrogen-bond donors (Lipinski definition) is 4. The Morgan fingerprint density at radius 2 is 1.74 bits per heavy atom. The molecule has 3 rings (SSSR count). The Morgan fingerprint density at radius 3 is 2.35 bits per heavy atom. The van der Waals surface area contributed by atoms with Gasteiger partial charge < -0.3 is 26.4 Å². The molecule has 0 saturated carbocycles. The maximum atomic E-state index is 12.0. The molecule has 1 fully saturated rings. The molecule has 2 amide bonds. The van der Waals surface area contributed by atoms with Gasteiger partial charge in [-0.2, -0.15) is 0 Å². The molecule has 1 aliphatic rings. The third kappa shape index (κ3) is 5.22. The van der Waals surface area contributed by atoms with Crippen LogP contribution < -0.4 is 21.5 Å². The Balaban J connectivity index is 1.73. The minimum absolute atomic E-state index is 0.0119. The number of likely N-dealkylation sites (tertiary alicyclic amines) is 1. The van der Waals surface area contributed by atoms with Gasteiger partial charge in [0.25, 0.3) is 11.8 Å². The van der Waals surface area contributed by atoms with Crippen LogP contribution in [0.25, 0.3) is 0 Å². The van der Waals surface area contributed by atoms with Crippen molar-refractivity contribution in [3.05, 3.63) is 71.6 Å². The number of para-hydroxylation sites is 1. The second kappa shape index (κ2) is 9.50. The molecule has 31 heavy (non-hydrogen) atoms. The van der Waals surface area contributed by atoms with Gasteiger partial charge in [-0.3, -0.25) is 15.0 Å². The lowest BCUT2D eigenvalue weighted by Crippen LogP contribution is -2.39. The summed E-state index contributed by atoms with van der Waals surface area (Å²) in [6, 6.07) is 15.8. The molecule has 0 spiro atoms. The number of hydrogen-bond acceptors (Lipinski definition) is 6. The van der Waals surface area contributed by atoms with E-state index in [1.165, 1.54) is 4.90 Å². The first-order chi connectivity index (χ1) is 14.9. The zero-order chi connectivity index (χ0) is 22.4. The number of nitrogens with one attached hydrogen (secondary N) is 2. The van der Waals surface area contributed by atoms with E-state index in [1.54, 1.807) is 24.3 Å². The summed E-state index contributed by atoms with van der Waals surface area (Å²) < 4.78 is 5.74. The minimum atomic E-state index is -0.825. The van der Waals surface area contributed by atoms with Crippen LogP contribution >= 0.6 is 0 Å². The predicted octanol–water partition coefficient (Wildman–Crippen LogP) is 1.33. The Bertz CT molecular complexity index is 1050. The van der Waals surface area contributed by atoms with E-state index in [9.17, 15) is 9.59 Å². The fourth-order valence-corrected chi connectivity index (χ4v) is 3.30. The quantitative estimate of drug-likeness (QED) is 0.306. The lowest BCUT2D eigenvalue weighted by atomic mass is 10.0. The molecular formula is C23H23N5O3. The summed E-state index contributed by atoms with van der Waals surface area (Å²) in [5.41, 5.74) is 11.8. The predicted molar refractivity (Wildman–Crippen MR) is 117 cm³/mol. The SMILES string of the molecule is C#CC(=O)N1CCC(N/C(N)=C(\C(=N)c2ccc(Oc3ccccc3)cc2)C(N)=O)C1. The minimum Gasteiger partial charge on any atom is -0.457 e. The molecule has 0 aliphatic carbocycles. The normalized spacial score (nSPS) is 16.1. The maximum absolute atomic E-state index is 12.0. The Kier molecular flexibility index (Phi) is 6.58. The van der Waals surface area contributed by atoms with E-state index >= 15 is 0 Å². The molecule has 0 aromatic heterocycles. The molecule has 1 aliphatic heterocycles. The van der Waals surface area contributed by atoms with Gasteiger partial charge in [0.05, 0.1) is 5.71 Å². The molecule has 8 heteroatoms. The van der Waals surface area contributed by atoms with Crippen molar-refractivity contribution >= 4 is 17.5 Å². The Morgan fingerprint density at radius 1 is 1.10 bits per heavy atom. The van der Waals surface area contributed by atoms with E-state index in [1.807, 2.05) is 30.3 Å². The van der Waals surface area contributed by atoms with Crippen molar-refractivity contribution in [1.29, 1.82) is 5.41 Å². The zero-order valence-corrected chi connectivity index (χ0v) is 16.8. The fraction of sp³-hybridized carbons (Fsp3) is 0.174. The van der Waals surface area contributed by atoms with Gasteiger partial charge in [0.1, 0.15) is 22.9 Å². The third-order valence-electron chi connectivity index (χ3n) is 4.85. The van der Waals surface area contributed by atoms with Gasteiger partial charge in [-0.05, 0) is 48.7 Å². The molecule has 1 saturated heterocycles. The molecule has 1 heterocycles. The smallest absolute Gasteiger partial charge is 0.298 e. The van der Waals surface area contributed by atoms with Gasteiger partial charge >= 0.3 is 0 Å². The number of carbonyl (C=O) groups is 2. The number of amides is 2. The summed E-state index contributed by atoms with van der Waals surface area (Å²) in [6.45, 7) is 0.842.